The van der Waals surface area contributed by atoms with Crippen LogP contribution in [0.3, 0.4) is 0 Å². The van der Waals surface area contributed by atoms with Gasteiger partial charge < -0.3 is 19.6 Å². The van der Waals surface area contributed by atoms with E-state index in [0.29, 0.717) is 22.8 Å². The van der Waals surface area contributed by atoms with Crippen molar-refractivity contribution in [2.45, 2.75) is 13.5 Å². The third-order valence-electron chi connectivity index (χ3n) is 2.94. The van der Waals surface area contributed by atoms with Crippen LogP contribution in [0.5, 0.6) is 11.5 Å². The smallest absolute Gasteiger partial charge is 0.497 e. The summed E-state index contributed by atoms with van der Waals surface area (Å²) in [4.78, 5) is 22.9. The Morgan fingerprint density at radius 2 is 1.96 bits per heavy atom. The molecule has 0 aliphatic rings. The van der Waals surface area contributed by atoms with Gasteiger partial charge in [0.25, 0.3) is 5.91 Å². The topological polar surface area (TPSA) is 147 Å². The molecule has 1 heterocycles. The Kier molecular flexibility index (Phi) is 5.55. The van der Waals surface area contributed by atoms with Crippen LogP contribution in [0.25, 0.3) is 0 Å². The molecule has 0 spiro atoms. The van der Waals surface area contributed by atoms with Crippen molar-refractivity contribution < 1.29 is 19.2 Å². The van der Waals surface area contributed by atoms with Crippen molar-refractivity contribution in [2.24, 2.45) is 5.10 Å². The molecule has 0 radical (unpaired) electrons. The molecular formula is C13H15N7O5. The molecule has 0 aliphatic carbocycles. The summed E-state index contributed by atoms with van der Waals surface area (Å²) in [6.07, 6.45) is 0. The van der Waals surface area contributed by atoms with Crippen molar-refractivity contribution in [3.05, 3.63) is 33.9 Å². The quantitative estimate of drug-likeness (QED) is 0.429. The Hall–Kier alpha value is -3.57. The first-order valence-corrected chi connectivity index (χ1v) is 6.91. The molecule has 0 saturated carbocycles. The van der Waals surface area contributed by atoms with E-state index in [2.05, 4.69) is 25.9 Å². The lowest BCUT2D eigenvalue weighted by Crippen LogP contribution is -2.21. The molecule has 2 aromatic rings. The summed E-state index contributed by atoms with van der Waals surface area (Å²) in [5, 5.41) is 24.7. The Morgan fingerprint density at radius 1 is 1.32 bits per heavy atom. The maximum atomic E-state index is 12.2. The maximum absolute atomic E-state index is 12.2. The van der Waals surface area contributed by atoms with E-state index in [1.807, 2.05) is 0 Å². The molecule has 132 valence electrons. The molecule has 12 heteroatoms. The number of aromatic nitrogens is 4. The molecule has 0 saturated heterocycles. The van der Waals surface area contributed by atoms with Crippen molar-refractivity contribution in [3.8, 4) is 11.5 Å². The molecule has 12 nitrogen and oxygen atoms in total. The molecule has 0 bridgehead atoms. The third kappa shape index (κ3) is 4.70. The van der Waals surface area contributed by atoms with Crippen LogP contribution in [0.2, 0.25) is 0 Å². The van der Waals surface area contributed by atoms with E-state index in [0.717, 1.165) is 4.80 Å². The van der Waals surface area contributed by atoms with Gasteiger partial charge in [0.1, 0.15) is 18.0 Å². The molecule has 0 aliphatic heterocycles. The summed E-state index contributed by atoms with van der Waals surface area (Å²) in [7, 11) is 2.95. The highest BCUT2D eigenvalue weighted by atomic mass is 16.6. The van der Waals surface area contributed by atoms with E-state index < -0.39 is 16.8 Å². The highest BCUT2D eigenvalue weighted by Crippen LogP contribution is 2.22. The zero-order chi connectivity index (χ0) is 18.4. The fourth-order valence-electron chi connectivity index (χ4n) is 1.76. The first-order chi connectivity index (χ1) is 11.9. The number of nitrogens with one attached hydrogen (secondary N) is 1. The number of ether oxygens (including phenoxy) is 2. The van der Waals surface area contributed by atoms with Gasteiger partial charge in [-0.15, -0.1) is 0 Å². The minimum Gasteiger partial charge on any atom is -0.497 e. The average Bonchev–Trinajstić information content (AvgIpc) is 3.07. The number of benzene rings is 1. The number of nitrogens with zero attached hydrogens (tertiary/aromatic N) is 6. The second-order valence-corrected chi connectivity index (χ2v) is 4.77. The fourth-order valence-corrected chi connectivity index (χ4v) is 1.76. The molecule has 0 atom stereocenters. The van der Waals surface area contributed by atoms with E-state index in [4.69, 9.17) is 9.47 Å². The monoisotopic (exact) mass is 349 g/mol. The van der Waals surface area contributed by atoms with Gasteiger partial charge >= 0.3 is 5.95 Å². The molecule has 25 heavy (non-hydrogen) atoms. The van der Waals surface area contributed by atoms with Crippen molar-refractivity contribution in [2.75, 3.05) is 14.2 Å². The first-order valence-electron chi connectivity index (χ1n) is 6.91. The lowest BCUT2D eigenvalue weighted by atomic mass is 10.2. The predicted molar refractivity (Wildman–Crippen MR) is 84.6 cm³/mol. The predicted octanol–water partition coefficient (Wildman–Crippen LogP) is 0.404. The number of nitro groups is 1. The molecule has 0 unspecified atom stereocenters. The van der Waals surface area contributed by atoms with Gasteiger partial charge in [0, 0.05) is 16.8 Å². The van der Waals surface area contributed by atoms with Crippen LogP contribution in [0.1, 0.15) is 17.3 Å². The second-order valence-electron chi connectivity index (χ2n) is 4.77. The van der Waals surface area contributed by atoms with Crippen LogP contribution in [-0.2, 0) is 6.54 Å². The molecular weight excluding hydrogens is 334 g/mol. The van der Waals surface area contributed by atoms with Crippen LogP contribution >= 0.6 is 0 Å². The number of hydrazone groups is 1. The Bertz CT molecular complexity index is 795. The summed E-state index contributed by atoms with van der Waals surface area (Å²) < 4.78 is 10.2. The minimum absolute atomic E-state index is 0.0303. The van der Waals surface area contributed by atoms with E-state index in [1.165, 1.54) is 26.4 Å². The highest BCUT2D eigenvalue weighted by Gasteiger charge is 2.16. The van der Waals surface area contributed by atoms with Crippen LogP contribution in [0.15, 0.2) is 23.3 Å². The second kappa shape index (κ2) is 7.81. The average molecular weight is 349 g/mol. The van der Waals surface area contributed by atoms with Crippen LogP contribution in [0, 0.1) is 10.1 Å². The number of tetrazole rings is 1. The van der Waals surface area contributed by atoms with Crippen LogP contribution < -0.4 is 14.9 Å². The van der Waals surface area contributed by atoms with E-state index in [1.54, 1.807) is 13.0 Å². The number of hydrogen-bond donors (Lipinski definition) is 1. The van der Waals surface area contributed by atoms with Gasteiger partial charge in [0.05, 0.1) is 30.1 Å². The lowest BCUT2D eigenvalue weighted by molar-refractivity contribution is -0.394. The van der Waals surface area contributed by atoms with Gasteiger partial charge in [0.15, 0.2) is 0 Å². The molecule has 2 rings (SSSR count). The van der Waals surface area contributed by atoms with Crippen LogP contribution in [0.4, 0.5) is 5.95 Å². The standard InChI is InChI=1S/C13H15N7O5/c1-8(7-19-17-13(16-18-19)20(22)23)14-15-12(21)9-4-10(24-2)6-11(5-9)25-3/h4-6H,7H2,1-3H3,(H,15,21)/b14-8+. The number of hydrogen-bond acceptors (Lipinski definition) is 9. The maximum Gasteiger partial charge on any atom is 0.514 e. The van der Waals surface area contributed by atoms with Gasteiger partial charge in [-0.2, -0.15) is 5.10 Å². The summed E-state index contributed by atoms with van der Waals surface area (Å²) in [6, 6.07) is 4.70. The van der Waals surface area contributed by atoms with Gasteiger partial charge in [-0.1, -0.05) is 4.80 Å². The largest absolute Gasteiger partial charge is 0.514 e. The van der Waals surface area contributed by atoms with Gasteiger partial charge in [-0.05, 0) is 24.0 Å². The fraction of sp³-hybridized carbons (Fsp3) is 0.308. The Labute approximate surface area is 141 Å². The number of carbonyl (C=O) groups is 1. The van der Waals surface area contributed by atoms with E-state index in [-0.39, 0.29) is 6.54 Å². The summed E-state index contributed by atoms with van der Waals surface area (Å²) in [6.45, 7) is 1.63. The summed E-state index contributed by atoms with van der Waals surface area (Å²) in [5.74, 6) is -0.164. The molecule has 1 amide bonds. The van der Waals surface area contributed by atoms with Crippen molar-refractivity contribution in [1.29, 1.82) is 0 Å². The zero-order valence-corrected chi connectivity index (χ0v) is 13.7. The van der Waals surface area contributed by atoms with Gasteiger partial charge in [0.2, 0.25) is 0 Å². The normalized spacial score (nSPS) is 11.1. The van der Waals surface area contributed by atoms with E-state index >= 15 is 0 Å². The van der Waals surface area contributed by atoms with E-state index in [9.17, 15) is 14.9 Å². The van der Waals surface area contributed by atoms with Crippen LogP contribution in [-0.4, -0.2) is 51.0 Å². The van der Waals surface area contributed by atoms with Crippen molar-refractivity contribution >= 4 is 17.6 Å². The van der Waals surface area contributed by atoms with Gasteiger partial charge in [-0.3, -0.25) is 4.79 Å². The van der Waals surface area contributed by atoms with Crippen molar-refractivity contribution in [3.63, 3.8) is 0 Å². The van der Waals surface area contributed by atoms with Crippen molar-refractivity contribution in [1.82, 2.24) is 25.6 Å². The highest BCUT2D eigenvalue weighted by molar-refractivity contribution is 5.96. The number of carbonyl (C=O) groups excluding carboxylic acids is 1. The first kappa shape index (κ1) is 17.8. The molecule has 0 fully saturated rings. The summed E-state index contributed by atoms with van der Waals surface area (Å²) in [5.41, 5.74) is 3.07. The Balaban J connectivity index is 2.04. The molecule has 1 aromatic carbocycles. The number of amides is 1. The summed E-state index contributed by atoms with van der Waals surface area (Å²) >= 11 is 0. The molecule has 1 aromatic heterocycles. The molecule has 1 N–H and O–H groups in total. The number of rotatable bonds is 7. The third-order valence-corrected chi connectivity index (χ3v) is 2.94. The Morgan fingerprint density at radius 3 is 2.48 bits per heavy atom. The SMILES string of the molecule is COc1cc(OC)cc(C(=O)N/N=C(\C)Cn2nnc([N+](=O)[O-])n2)c1. The number of methoxy groups -OCH3 is 2. The lowest BCUT2D eigenvalue weighted by Gasteiger charge is -2.07. The minimum atomic E-state index is -0.756. The zero-order valence-electron chi connectivity index (χ0n) is 13.7. The van der Waals surface area contributed by atoms with Gasteiger partial charge in [-0.25, -0.2) is 5.43 Å².